The van der Waals surface area contributed by atoms with Gasteiger partial charge in [0.2, 0.25) is 0 Å². The van der Waals surface area contributed by atoms with Crippen molar-refractivity contribution in [3.63, 3.8) is 0 Å². The zero-order chi connectivity index (χ0) is 14.8. The number of hydrogen-bond acceptors (Lipinski definition) is 4. The highest BCUT2D eigenvalue weighted by Crippen LogP contribution is 2.27. The predicted molar refractivity (Wildman–Crippen MR) is 85.2 cm³/mol. The van der Waals surface area contributed by atoms with Crippen molar-refractivity contribution in [1.29, 1.82) is 0 Å². The molecular weight excluding hydrogens is 285 g/mol. The molecule has 1 aromatic heterocycles. The Labute approximate surface area is 128 Å². The summed E-state index contributed by atoms with van der Waals surface area (Å²) in [5.41, 5.74) is 4.63. The zero-order valence-electron chi connectivity index (χ0n) is 12.4. The molecule has 112 valence electrons. The second kappa shape index (κ2) is 6.12. The topological polar surface area (TPSA) is 28.2 Å². The van der Waals surface area contributed by atoms with Crippen LogP contribution in [0.2, 0.25) is 0 Å². The van der Waals surface area contributed by atoms with E-state index in [1.54, 1.807) is 23.5 Å². The van der Waals surface area contributed by atoms with Gasteiger partial charge in [0.1, 0.15) is 5.82 Å². The maximum atomic E-state index is 14.2. The van der Waals surface area contributed by atoms with Gasteiger partial charge in [-0.3, -0.25) is 0 Å². The standard InChI is InChI=1S/C16H20FN3S/c1-11-16(21-10-19-11)9-20(2)15-5-3-4-14(17)13(15)8-18-12-6-7-12/h3-5,10,12,18H,6-9H2,1-2H3. The Morgan fingerprint density at radius 2 is 2.24 bits per heavy atom. The Balaban J connectivity index is 1.79. The highest BCUT2D eigenvalue weighted by molar-refractivity contribution is 7.09. The first-order valence-corrected chi connectivity index (χ1v) is 8.14. The molecule has 0 amide bonds. The van der Waals surface area contributed by atoms with Crippen LogP contribution < -0.4 is 10.2 Å². The number of halogens is 1. The molecule has 1 saturated carbocycles. The number of aryl methyl sites for hydroxylation is 1. The third kappa shape index (κ3) is 3.41. The summed E-state index contributed by atoms with van der Waals surface area (Å²) in [6, 6.07) is 5.88. The molecule has 21 heavy (non-hydrogen) atoms. The van der Waals surface area contributed by atoms with Gasteiger partial charge in [-0.2, -0.15) is 0 Å². The molecule has 2 aromatic rings. The van der Waals surface area contributed by atoms with Gasteiger partial charge in [-0.05, 0) is 31.9 Å². The Hall–Kier alpha value is -1.46. The summed E-state index contributed by atoms with van der Waals surface area (Å²) >= 11 is 1.65. The zero-order valence-corrected chi connectivity index (χ0v) is 13.2. The summed E-state index contributed by atoms with van der Waals surface area (Å²) in [4.78, 5) is 7.61. The molecule has 1 heterocycles. The fourth-order valence-electron chi connectivity index (χ4n) is 2.39. The summed E-state index contributed by atoms with van der Waals surface area (Å²) in [6.45, 7) is 3.37. The number of aromatic nitrogens is 1. The van der Waals surface area contributed by atoms with Gasteiger partial charge < -0.3 is 10.2 Å². The first-order chi connectivity index (χ1) is 10.1. The van der Waals surface area contributed by atoms with Crippen molar-refractivity contribution in [1.82, 2.24) is 10.3 Å². The first-order valence-electron chi connectivity index (χ1n) is 7.26. The van der Waals surface area contributed by atoms with Crippen LogP contribution in [-0.2, 0) is 13.1 Å². The molecular formula is C16H20FN3S. The lowest BCUT2D eigenvalue weighted by molar-refractivity contribution is 0.586. The van der Waals surface area contributed by atoms with Crippen LogP contribution in [0.4, 0.5) is 10.1 Å². The van der Waals surface area contributed by atoms with E-state index in [-0.39, 0.29) is 5.82 Å². The van der Waals surface area contributed by atoms with Crippen LogP contribution in [0.3, 0.4) is 0 Å². The normalized spacial score (nSPS) is 14.4. The van der Waals surface area contributed by atoms with Gasteiger partial charge in [0, 0.05) is 35.8 Å². The molecule has 1 aromatic carbocycles. The largest absolute Gasteiger partial charge is 0.369 e. The van der Waals surface area contributed by atoms with Crippen LogP contribution in [0.15, 0.2) is 23.7 Å². The van der Waals surface area contributed by atoms with E-state index in [1.807, 2.05) is 25.5 Å². The predicted octanol–water partition coefficient (Wildman–Crippen LogP) is 3.48. The molecule has 0 saturated heterocycles. The fraction of sp³-hybridized carbons (Fsp3) is 0.438. The minimum atomic E-state index is -0.131. The molecule has 1 N–H and O–H groups in total. The number of thiazole rings is 1. The lowest BCUT2D eigenvalue weighted by atomic mass is 10.1. The molecule has 0 unspecified atom stereocenters. The number of nitrogens with zero attached hydrogens (tertiary/aromatic N) is 2. The van der Waals surface area contributed by atoms with Crippen LogP contribution >= 0.6 is 11.3 Å². The van der Waals surface area contributed by atoms with Crippen molar-refractivity contribution in [3.05, 3.63) is 45.7 Å². The molecule has 0 radical (unpaired) electrons. The van der Waals surface area contributed by atoms with Crippen molar-refractivity contribution in [2.24, 2.45) is 0 Å². The first kappa shape index (κ1) is 14.5. The number of nitrogens with one attached hydrogen (secondary N) is 1. The third-order valence-electron chi connectivity index (χ3n) is 3.88. The van der Waals surface area contributed by atoms with Crippen molar-refractivity contribution in [2.45, 2.75) is 38.9 Å². The summed E-state index contributed by atoms with van der Waals surface area (Å²) in [7, 11) is 2.01. The Morgan fingerprint density at radius 3 is 2.90 bits per heavy atom. The molecule has 1 aliphatic carbocycles. The van der Waals surface area contributed by atoms with E-state index >= 15 is 0 Å². The SMILES string of the molecule is Cc1ncsc1CN(C)c1cccc(F)c1CNC1CC1. The van der Waals surface area contributed by atoms with Gasteiger partial charge in [0.15, 0.2) is 0 Å². The van der Waals surface area contributed by atoms with Crippen LogP contribution in [0.25, 0.3) is 0 Å². The summed E-state index contributed by atoms with van der Waals surface area (Å²) in [5.74, 6) is -0.131. The van der Waals surface area contributed by atoms with Gasteiger partial charge >= 0.3 is 0 Å². The van der Waals surface area contributed by atoms with E-state index in [2.05, 4.69) is 15.2 Å². The lowest BCUT2D eigenvalue weighted by Crippen LogP contribution is -2.22. The lowest BCUT2D eigenvalue weighted by Gasteiger charge is -2.23. The van der Waals surface area contributed by atoms with Crippen molar-refractivity contribution < 1.29 is 4.39 Å². The van der Waals surface area contributed by atoms with Gasteiger partial charge in [-0.25, -0.2) is 9.37 Å². The average molecular weight is 305 g/mol. The minimum Gasteiger partial charge on any atom is -0.369 e. The second-order valence-corrected chi connectivity index (χ2v) is 6.55. The third-order valence-corrected chi connectivity index (χ3v) is 4.80. The van der Waals surface area contributed by atoms with E-state index < -0.39 is 0 Å². The van der Waals surface area contributed by atoms with Gasteiger partial charge in [-0.15, -0.1) is 11.3 Å². The molecule has 3 nitrogen and oxygen atoms in total. The second-order valence-electron chi connectivity index (χ2n) is 5.61. The quantitative estimate of drug-likeness (QED) is 0.885. The fourth-order valence-corrected chi connectivity index (χ4v) is 3.22. The van der Waals surface area contributed by atoms with E-state index in [1.165, 1.54) is 17.7 Å². The number of rotatable bonds is 6. The van der Waals surface area contributed by atoms with Crippen molar-refractivity contribution in [3.8, 4) is 0 Å². The maximum absolute atomic E-state index is 14.2. The molecule has 0 spiro atoms. The number of anilines is 1. The Bertz CT molecular complexity index is 622. The number of hydrogen-bond donors (Lipinski definition) is 1. The molecule has 0 bridgehead atoms. The van der Waals surface area contributed by atoms with Gasteiger partial charge in [0.05, 0.1) is 17.7 Å². The summed E-state index contributed by atoms with van der Waals surface area (Å²) in [6.07, 6.45) is 2.42. The molecule has 0 aliphatic heterocycles. The smallest absolute Gasteiger partial charge is 0.129 e. The molecule has 3 rings (SSSR count). The van der Waals surface area contributed by atoms with Crippen molar-refractivity contribution in [2.75, 3.05) is 11.9 Å². The van der Waals surface area contributed by atoms with E-state index in [4.69, 9.17) is 0 Å². The molecule has 0 atom stereocenters. The number of benzene rings is 1. The highest BCUT2D eigenvalue weighted by Gasteiger charge is 2.22. The van der Waals surface area contributed by atoms with Crippen LogP contribution in [0.5, 0.6) is 0 Å². The molecule has 1 aliphatic rings. The van der Waals surface area contributed by atoms with Crippen molar-refractivity contribution >= 4 is 17.0 Å². The van der Waals surface area contributed by atoms with Crippen LogP contribution in [0, 0.1) is 12.7 Å². The minimum absolute atomic E-state index is 0.131. The monoisotopic (exact) mass is 305 g/mol. The Morgan fingerprint density at radius 1 is 1.43 bits per heavy atom. The summed E-state index contributed by atoms with van der Waals surface area (Å²) in [5, 5.41) is 3.40. The van der Waals surface area contributed by atoms with Crippen LogP contribution in [0.1, 0.15) is 29.0 Å². The van der Waals surface area contributed by atoms with Gasteiger partial charge in [-0.1, -0.05) is 6.07 Å². The van der Waals surface area contributed by atoms with Gasteiger partial charge in [0.25, 0.3) is 0 Å². The summed E-state index contributed by atoms with van der Waals surface area (Å²) < 4.78 is 14.2. The highest BCUT2D eigenvalue weighted by atomic mass is 32.1. The molecule has 1 fully saturated rings. The van der Waals surface area contributed by atoms with E-state index in [9.17, 15) is 4.39 Å². The van der Waals surface area contributed by atoms with E-state index in [0.29, 0.717) is 12.6 Å². The van der Waals surface area contributed by atoms with E-state index in [0.717, 1.165) is 23.5 Å². The average Bonchev–Trinajstić information content (AvgIpc) is 3.21. The molecule has 5 heteroatoms. The Kier molecular flexibility index (Phi) is 4.22. The maximum Gasteiger partial charge on any atom is 0.129 e. The van der Waals surface area contributed by atoms with Crippen LogP contribution in [-0.4, -0.2) is 18.1 Å².